The van der Waals surface area contributed by atoms with Crippen LogP contribution in [0, 0.1) is 0 Å². The van der Waals surface area contributed by atoms with Gasteiger partial charge in [0.25, 0.3) is 0 Å². The first-order valence-electron chi connectivity index (χ1n) is 11.2. The Balaban J connectivity index is 1.76. The third-order valence-corrected chi connectivity index (χ3v) is 5.24. The van der Waals surface area contributed by atoms with E-state index in [0.29, 0.717) is 12.1 Å². The summed E-state index contributed by atoms with van der Waals surface area (Å²) in [7, 11) is 0. The number of ether oxygens (including phenoxy) is 1. The fraction of sp³-hybridized carbons (Fsp3) is 0.773. The second-order valence-corrected chi connectivity index (χ2v) is 8.15. The average Bonchev–Trinajstić information content (AvgIpc) is 3.21. The summed E-state index contributed by atoms with van der Waals surface area (Å²) >= 11 is 0. The van der Waals surface area contributed by atoms with Crippen LogP contribution in [0.25, 0.3) is 0 Å². The van der Waals surface area contributed by atoms with E-state index in [2.05, 4.69) is 48.1 Å². The highest BCUT2D eigenvalue weighted by molar-refractivity contribution is 5.79. The topological polar surface area (TPSA) is 65.3 Å². The number of nitrogens with zero attached hydrogens (tertiary/aromatic N) is 3. The Kier molecular flexibility index (Phi) is 11.1. The highest BCUT2D eigenvalue weighted by atomic mass is 16.5. The molecule has 0 saturated carbocycles. The molecule has 2 heterocycles. The van der Waals surface area contributed by atoms with Crippen LogP contribution in [0.2, 0.25) is 0 Å². The van der Waals surface area contributed by atoms with Gasteiger partial charge in [-0.15, -0.1) is 0 Å². The maximum atomic E-state index is 5.42. The summed E-state index contributed by atoms with van der Waals surface area (Å²) in [5, 5.41) is 6.94. The molecule has 29 heavy (non-hydrogen) atoms. The summed E-state index contributed by atoms with van der Waals surface area (Å²) in [5.41, 5.74) is 0. The van der Waals surface area contributed by atoms with E-state index in [-0.39, 0.29) is 0 Å². The Hall–Kier alpha value is -1.57. The third-order valence-electron chi connectivity index (χ3n) is 5.24. The number of morpholine rings is 1. The fourth-order valence-corrected chi connectivity index (χ4v) is 3.65. The largest absolute Gasteiger partial charge is 0.469 e. The molecule has 1 aliphatic heterocycles. The first-order valence-corrected chi connectivity index (χ1v) is 11.2. The molecule has 7 heteroatoms. The fourth-order valence-electron chi connectivity index (χ4n) is 3.65. The van der Waals surface area contributed by atoms with Gasteiger partial charge in [0, 0.05) is 64.3 Å². The number of guanidine groups is 1. The molecule has 1 saturated heterocycles. The lowest BCUT2D eigenvalue weighted by Gasteiger charge is -2.30. The molecule has 1 aromatic heterocycles. The van der Waals surface area contributed by atoms with E-state index in [0.717, 1.165) is 83.6 Å². The molecular weight excluding hydrogens is 366 g/mol. The van der Waals surface area contributed by atoms with Gasteiger partial charge in [-0.2, -0.15) is 0 Å². The SMILES string of the molecule is CC(C)N(CCCN=C(NCCc1ccco1)NCCN1CCOCC1)C(C)C. The number of furan rings is 1. The predicted molar refractivity (Wildman–Crippen MR) is 120 cm³/mol. The lowest BCUT2D eigenvalue weighted by atomic mass is 10.2. The van der Waals surface area contributed by atoms with Crippen molar-refractivity contribution in [3.8, 4) is 0 Å². The molecule has 1 fully saturated rings. The minimum Gasteiger partial charge on any atom is -0.469 e. The van der Waals surface area contributed by atoms with Gasteiger partial charge in [-0.25, -0.2) is 0 Å². The van der Waals surface area contributed by atoms with Crippen molar-refractivity contribution >= 4 is 5.96 Å². The first-order chi connectivity index (χ1) is 14.1. The Bertz CT molecular complexity index is 546. The van der Waals surface area contributed by atoms with Gasteiger partial charge in [0.05, 0.1) is 19.5 Å². The van der Waals surface area contributed by atoms with E-state index in [1.54, 1.807) is 6.26 Å². The van der Waals surface area contributed by atoms with Crippen LogP contribution in [0.4, 0.5) is 0 Å². The highest BCUT2D eigenvalue weighted by Gasteiger charge is 2.12. The van der Waals surface area contributed by atoms with Crippen molar-refractivity contribution in [2.24, 2.45) is 4.99 Å². The van der Waals surface area contributed by atoms with E-state index in [9.17, 15) is 0 Å². The number of rotatable bonds is 12. The molecule has 0 amide bonds. The molecule has 2 N–H and O–H groups in total. The van der Waals surface area contributed by atoms with Crippen LogP contribution >= 0.6 is 0 Å². The Morgan fingerprint density at radius 2 is 1.86 bits per heavy atom. The zero-order valence-corrected chi connectivity index (χ0v) is 18.8. The summed E-state index contributed by atoms with van der Waals surface area (Å²) in [6.07, 6.45) is 3.64. The van der Waals surface area contributed by atoms with E-state index >= 15 is 0 Å². The van der Waals surface area contributed by atoms with Crippen molar-refractivity contribution in [3.63, 3.8) is 0 Å². The summed E-state index contributed by atoms with van der Waals surface area (Å²) in [6.45, 7) is 17.4. The quantitative estimate of drug-likeness (QED) is 0.315. The molecule has 0 radical (unpaired) electrons. The maximum absolute atomic E-state index is 5.42. The van der Waals surface area contributed by atoms with Gasteiger partial charge >= 0.3 is 0 Å². The zero-order valence-electron chi connectivity index (χ0n) is 18.8. The number of hydrogen-bond acceptors (Lipinski definition) is 5. The van der Waals surface area contributed by atoms with E-state index in [1.165, 1.54) is 0 Å². The Labute approximate surface area is 176 Å². The van der Waals surface area contributed by atoms with Crippen LogP contribution in [-0.4, -0.2) is 86.9 Å². The van der Waals surface area contributed by atoms with Gasteiger partial charge in [-0.05, 0) is 46.2 Å². The highest BCUT2D eigenvalue weighted by Crippen LogP contribution is 2.05. The van der Waals surface area contributed by atoms with Crippen molar-refractivity contribution in [1.82, 2.24) is 20.4 Å². The molecule has 1 aromatic rings. The van der Waals surface area contributed by atoms with Crippen LogP contribution in [0.3, 0.4) is 0 Å². The molecule has 0 atom stereocenters. The van der Waals surface area contributed by atoms with Gasteiger partial charge in [-0.3, -0.25) is 14.8 Å². The monoisotopic (exact) mass is 407 g/mol. The summed E-state index contributed by atoms with van der Waals surface area (Å²) in [4.78, 5) is 9.76. The van der Waals surface area contributed by atoms with Crippen molar-refractivity contribution in [2.45, 2.75) is 52.6 Å². The normalized spacial score (nSPS) is 16.2. The van der Waals surface area contributed by atoms with Gasteiger partial charge in [-0.1, -0.05) is 0 Å². The summed E-state index contributed by atoms with van der Waals surface area (Å²) in [6, 6.07) is 5.07. The van der Waals surface area contributed by atoms with Gasteiger partial charge in [0.2, 0.25) is 0 Å². The van der Waals surface area contributed by atoms with Gasteiger partial charge < -0.3 is 19.8 Å². The third kappa shape index (κ3) is 9.65. The van der Waals surface area contributed by atoms with Crippen molar-refractivity contribution in [3.05, 3.63) is 24.2 Å². The molecule has 1 aliphatic rings. The summed E-state index contributed by atoms with van der Waals surface area (Å²) < 4.78 is 10.8. The predicted octanol–water partition coefficient (Wildman–Crippen LogP) is 2.20. The number of nitrogens with one attached hydrogen (secondary N) is 2. The molecule has 2 rings (SSSR count). The summed E-state index contributed by atoms with van der Waals surface area (Å²) in [5.74, 6) is 1.89. The van der Waals surface area contributed by atoms with Crippen molar-refractivity contribution in [1.29, 1.82) is 0 Å². The second kappa shape index (κ2) is 13.6. The molecule has 0 spiro atoms. The smallest absolute Gasteiger partial charge is 0.191 e. The van der Waals surface area contributed by atoms with E-state index in [1.807, 2.05) is 12.1 Å². The number of hydrogen-bond donors (Lipinski definition) is 2. The van der Waals surface area contributed by atoms with Crippen LogP contribution in [-0.2, 0) is 11.2 Å². The molecule has 0 bridgehead atoms. The van der Waals surface area contributed by atoms with Crippen molar-refractivity contribution in [2.75, 3.05) is 59.0 Å². The standard InChI is InChI=1S/C22H41N5O2/c1-19(2)27(20(3)4)12-6-9-23-22(24-10-8-21-7-5-16-29-21)25-11-13-26-14-17-28-18-15-26/h5,7,16,19-20H,6,8-15,17-18H2,1-4H3,(H2,23,24,25). The van der Waals surface area contributed by atoms with Crippen LogP contribution in [0.1, 0.15) is 39.9 Å². The molecule has 0 aromatic carbocycles. The lowest BCUT2D eigenvalue weighted by Crippen LogP contribution is -2.45. The minimum atomic E-state index is 0.566. The molecular formula is C22H41N5O2. The Morgan fingerprint density at radius 1 is 1.14 bits per heavy atom. The van der Waals surface area contributed by atoms with E-state index in [4.69, 9.17) is 14.1 Å². The maximum Gasteiger partial charge on any atom is 0.191 e. The van der Waals surface area contributed by atoms with Gasteiger partial charge in [0.15, 0.2) is 5.96 Å². The van der Waals surface area contributed by atoms with Crippen LogP contribution < -0.4 is 10.6 Å². The first kappa shape index (κ1) is 23.7. The average molecular weight is 408 g/mol. The van der Waals surface area contributed by atoms with Crippen LogP contribution in [0.5, 0.6) is 0 Å². The molecule has 7 nitrogen and oxygen atoms in total. The van der Waals surface area contributed by atoms with Gasteiger partial charge in [0.1, 0.15) is 5.76 Å². The second-order valence-electron chi connectivity index (χ2n) is 8.15. The molecule has 166 valence electrons. The minimum absolute atomic E-state index is 0.566. The van der Waals surface area contributed by atoms with Crippen molar-refractivity contribution < 1.29 is 9.15 Å². The lowest BCUT2D eigenvalue weighted by molar-refractivity contribution is 0.0389. The number of aliphatic imine (C=N–C) groups is 1. The van der Waals surface area contributed by atoms with Crippen LogP contribution in [0.15, 0.2) is 27.8 Å². The molecule has 0 unspecified atom stereocenters. The zero-order chi connectivity index (χ0) is 20.9. The molecule has 0 aliphatic carbocycles. The van der Waals surface area contributed by atoms with E-state index < -0.39 is 0 Å². The Morgan fingerprint density at radius 3 is 2.52 bits per heavy atom.